The SMILES string of the molecule is Cc1oc2c(c1C(=O)O)c(C(c1ccncc1)N1CCN(C)CC1)c(O)c1cc(OCc3ccc4ccccc4c3)ccc12. The van der Waals surface area contributed by atoms with E-state index in [0.29, 0.717) is 45.4 Å². The number of aromatic hydroxyl groups is 1. The minimum Gasteiger partial charge on any atom is -0.507 e. The molecule has 1 aliphatic rings. The molecule has 222 valence electrons. The largest absolute Gasteiger partial charge is 0.507 e. The van der Waals surface area contributed by atoms with Crippen LogP contribution >= 0.6 is 0 Å². The number of benzene rings is 4. The predicted octanol–water partition coefficient (Wildman–Crippen LogP) is 6.76. The number of rotatable bonds is 7. The van der Waals surface area contributed by atoms with E-state index in [1.165, 1.54) is 5.39 Å². The second-order valence-corrected chi connectivity index (χ2v) is 11.5. The highest BCUT2D eigenvalue weighted by molar-refractivity contribution is 6.16. The fourth-order valence-electron chi connectivity index (χ4n) is 6.47. The molecule has 2 N–H and O–H groups in total. The molecule has 1 unspecified atom stereocenters. The van der Waals surface area contributed by atoms with E-state index in [-0.39, 0.29) is 11.3 Å². The first kappa shape index (κ1) is 27.9. The highest BCUT2D eigenvalue weighted by Gasteiger charge is 2.34. The molecular formula is C36H33N3O5. The first-order valence-electron chi connectivity index (χ1n) is 14.8. The van der Waals surface area contributed by atoms with Crippen LogP contribution in [-0.4, -0.2) is 64.2 Å². The van der Waals surface area contributed by atoms with Crippen LogP contribution in [0.4, 0.5) is 0 Å². The van der Waals surface area contributed by atoms with Crippen LogP contribution in [0.25, 0.3) is 32.5 Å². The number of pyridine rings is 1. The van der Waals surface area contributed by atoms with Gasteiger partial charge in [-0.05, 0) is 72.3 Å². The maximum absolute atomic E-state index is 12.6. The number of likely N-dealkylation sites (N-methyl/N-ethyl adjacent to an activating group) is 1. The summed E-state index contributed by atoms with van der Waals surface area (Å²) in [6.45, 7) is 5.21. The van der Waals surface area contributed by atoms with E-state index in [1.54, 1.807) is 19.3 Å². The van der Waals surface area contributed by atoms with Gasteiger partial charge < -0.3 is 24.3 Å². The number of hydrogen-bond acceptors (Lipinski definition) is 7. The van der Waals surface area contributed by atoms with Crippen molar-refractivity contribution in [3.63, 3.8) is 0 Å². The van der Waals surface area contributed by atoms with Crippen LogP contribution < -0.4 is 4.74 Å². The van der Waals surface area contributed by atoms with Crippen molar-refractivity contribution < 1.29 is 24.2 Å². The van der Waals surface area contributed by atoms with Gasteiger partial charge in [0.1, 0.15) is 35.0 Å². The highest BCUT2D eigenvalue weighted by Crippen LogP contribution is 2.48. The summed E-state index contributed by atoms with van der Waals surface area (Å²) >= 11 is 0. The average Bonchev–Trinajstić information content (AvgIpc) is 3.39. The van der Waals surface area contributed by atoms with E-state index < -0.39 is 12.0 Å². The first-order chi connectivity index (χ1) is 21.4. The summed E-state index contributed by atoms with van der Waals surface area (Å²) in [6, 6.07) is 23.4. The van der Waals surface area contributed by atoms with Crippen molar-refractivity contribution in [2.75, 3.05) is 33.2 Å². The minimum atomic E-state index is -1.09. The minimum absolute atomic E-state index is 0.0210. The maximum Gasteiger partial charge on any atom is 0.339 e. The number of furan rings is 1. The number of carboxylic acids is 1. The first-order valence-corrected chi connectivity index (χ1v) is 14.8. The van der Waals surface area contributed by atoms with Gasteiger partial charge in [0.2, 0.25) is 0 Å². The Morgan fingerprint density at radius 1 is 0.955 bits per heavy atom. The Bertz CT molecular complexity index is 2010. The van der Waals surface area contributed by atoms with Gasteiger partial charge in [-0.25, -0.2) is 4.79 Å². The lowest BCUT2D eigenvalue weighted by Gasteiger charge is -2.39. The topological polar surface area (TPSA) is 99.3 Å². The summed E-state index contributed by atoms with van der Waals surface area (Å²) in [5.74, 6) is -0.187. The molecule has 1 saturated heterocycles. The fraction of sp³-hybridized carbons (Fsp3) is 0.222. The van der Waals surface area contributed by atoms with Crippen molar-refractivity contribution in [2.24, 2.45) is 0 Å². The highest BCUT2D eigenvalue weighted by atomic mass is 16.5. The van der Waals surface area contributed by atoms with Crippen LogP contribution in [0.2, 0.25) is 0 Å². The lowest BCUT2D eigenvalue weighted by atomic mass is 9.89. The van der Waals surface area contributed by atoms with Crippen molar-refractivity contribution >= 4 is 38.5 Å². The maximum atomic E-state index is 12.6. The summed E-state index contributed by atoms with van der Waals surface area (Å²) in [4.78, 5) is 21.4. The number of nitrogens with zero attached hydrogens (tertiary/aromatic N) is 3. The van der Waals surface area contributed by atoms with Gasteiger partial charge in [-0.2, -0.15) is 0 Å². The zero-order valence-electron chi connectivity index (χ0n) is 24.7. The molecule has 0 amide bonds. The molecule has 8 heteroatoms. The Balaban J connectivity index is 1.39. The number of hydrogen-bond donors (Lipinski definition) is 2. The molecule has 2 aromatic heterocycles. The van der Waals surface area contributed by atoms with E-state index in [0.717, 1.165) is 42.7 Å². The van der Waals surface area contributed by atoms with Crippen molar-refractivity contribution in [1.29, 1.82) is 0 Å². The number of aromatic nitrogens is 1. The van der Waals surface area contributed by atoms with E-state index in [1.807, 2.05) is 42.5 Å². The molecule has 7 rings (SSSR count). The second-order valence-electron chi connectivity index (χ2n) is 11.5. The number of carbonyl (C=O) groups is 1. The third-order valence-electron chi connectivity index (χ3n) is 8.73. The zero-order valence-corrected chi connectivity index (χ0v) is 24.7. The monoisotopic (exact) mass is 587 g/mol. The zero-order chi connectivity index (χ0) is 30.4. The van der Waals surface area contributed by atoms with Crippen molar-refractivity contribution in [1.82, 2.24) is 14.8 Å². The summed E-state index contributed by atoms with van der Waals surface area (Å²) in [7, 11) is 2.09. The Labute approximate surface area is 254 Å². The number of phenols is 1. The van der Waals surface area contributed by atoms with Gasteiger partial charge in [0, 0.05) is 60.3 Å². The van der Waals surface area contributed by atoms with Crippen LogP contribution in [0.3, 0.4) is 0 Å². The lowest BCUT2D eigenvalue weighted by Crippen LogP contribution is -2.46. The predicted molar refractivity (Wildman–Crippen MR) is 171 cm³/mol. The van der Waals surface area contributed by atoms with Crippen LogP contribution in [-0.2, 0) is 6.61 Å². The number of fused-ring (bicyclic) bond motifs is 4. The van der Waals surface area contributed by atoms with Gasteiger partial charge in [-0.15, -0.1) is 0 Å². The van der Waals surface area contributed by atoms with Crippen molar-refractivity contribution in [3.8, 4) is 11.5 Å². The third-order valence-corrected chi connectivity index (χ3v) is 8.73. The molecule has 3 heterocycles. The van der Waals surface area contributed by atoms with Gasteiger partial charge in [-0.3, -0.25) is 9.88 Å². The standard InChI is InChI=1S/C36H33N3O5/c1-22-30(36(41)42)31-32(33(25-11-13-37-14-12-25)39-17-15-38(2)16-18-39)34(40)29-20-27(9-10-28(29)35(31)44-22)43-21-23-7-8-24-5-3-4-6-26(24)19-23/h3-14,19-20,33,40H,15-18,21H2,1-2H3,(H,41,42). The molecule has 1 fully saturated rings. The van der Waals surface area contributed by atoms with Crippen molar-refractivity contribution in [2.45, 2.75) is 19.6 Å². The van der Waals surface area contributed by atoms with Gasteiger partial charge in [0.25, 0.3) is 0 Å². The average molecular weight is 588 g/mol. The third kappa shape index (κ3) is 4.92. The van der Waals surface area contributed by atoms with Crippen molar-refractivity contribution in [3.05, 3.63) is 113 Å². The molecule has 1 atom stereocenters. The number of phenolic OH excluding ortho intramolecular Hbond substituents is 1. The van der Waals surface area contributed by atoms with Crippen LogP contribution in [0.1, 0.15) is 38.9 Å². The molecule has 44 heavy (non-hydrogen) atoms. The molecule has 0 radical (unpaired) electrons. The van der Waals surface area contributed by atoms with E-state index in [2.05, 4.69) is 52.2 Å². The number of carboxylic acid groups (broad SMARTS) is 1. The van der Waals surface area contributed by atoms with Gasteiger partial charge in [0.15, 0.2) is 0 Å². The molecule has 0 spiro atoms. The molecule has 1 aliphatic heterocycles. The van der Waals surface area contributed by atoms with Gasteiger partial charge >= 0.3 is 5.97 Å². The van der Waals surface area contributed by atoms with Crippen LogP contribution in [0.15, 0.2) is 89.6 Å². The Morgan fingerprint density at radius 3 is 2.45 bits per heavy atom. The van der Waals surface area contributed by atoms with Crippen LogP contribution in [0.5, 0.6) is 11.5 Å². The summed E-state index contributed by atoms with van der Waals surface area (Å²) in [5, 5.41) is 26.4. The Morgan fingerprint density at radius 2 is 1.70 bits per heavy atom. The summed E-state index contributed by atoms with van der Waals surface area (Å²) in [6.07, 6.45) is 3.45. The quantitative estimate of drug-likeness (QED) is 0.211. The lowest BCUT2D eigenvalue weighted by molar-refractivity contribution is 0.0696. The number of aryl methyl sites for hydroxylation is 1. The van der Waals surface area contributed by atoms with E-state index in [9.17, 15) is 15.0 Å². The summed E-state index contributed by atoms with van der Waals surface area (Å²) < 4.78 is 12.4. The smallest absolute Gasteiger partial charge is 0.339 e. The summed E-state index contributed by atoms with van der Waals surface area (Å²) in [5.41, 5.74) is 2.97. The molecule has 0 aliphatic carbocycles. The molecule has 4 aromatic carbocycles. The molecule has 0 saturated carbocycles. The molecular weight excluding hydrogens is 554 g/mol. The second kappa shape index (κ2) is 11.3. The van der Waals surface area contributed by atoms with Gasteiger partial charge in [-0.1, -0.05) is 36.4 Å². The number of aromatic carboxylic acids is 1. The molecule has 8 nitrogen and oxygen atoms in total. The molecule has 0 bridgehead atoms. The Hall–Kier alpha value is -4.92. The van der Waals surface area contributed by atoms with E-state index >= 15 is 0 Å². The van der Waals surface area contributed by atoms with Gasteiger partial charge in [0.05, 0.1) is 6.04 Å². The Kier molecular flexibility index (Phi) is 7.16. The fourth-order valence-corrected chi connectivity index (χ4v) is 6.47. The number of ether oxygens (including phenoxy) is 1. The van der Waals surface area contributed by atoms with E-state index in [4.69, 9.17) is 9.15 Å². The van der Waals surface area contributed by atoms with Crippen LogP contribution in [0, 0.1) is 6.92 Å². The number of piperazine rings is 1. The molecule has 6 aromatic rings. The normalized spacial score (nSPS) is 15.2.